The van der Waals surface area contributed by atoms with Crippen molar-refractivity contribution in [1.82, 2.24) is 0 Å². The van der Waals surface area contributed by atoms with Gasteiger partial charge in [0.05, 0.1) is 5.70 Å². The normalized spacial score (nSPS) is 17.1. The topological polar surface area (TPSA) is 38.7 Å². The number of hydrogen-bond donors (Lipinski definition) is 0. The molecule has 1 aliphatic carbocycles. The molecule has 1 aliphatic heterocycles. The molecule has 0 amide bonds. The molecule has 0 atom stereocenters. The van der Waals surface area contributed by atoms with E-state index in [1.807, 2.05) is 42.6 Å². The summed E-state index contributed by atoms with van der Waals surface area (Å²) in [5.41, 5.74) is 6.37. The molecule has 0 aromatic heterocycles. The van der Waals surface area contributed by atoms with E-state index in [4.69, 9.17) is 9.73 Å². The number of nitrogens with zero attached hydrogens (tertiary/aromatic N) is 1. The van der Waals surface area contributed by atoms with E-state index in [1.54, 1.807) is 0 Å². The van der Waals surface area contributed by atoms with Gasteiger partial charge in [0.1, 0.15) is 12.4 Å². The molecule has 0 fully saturated rings. The molecule has 0 spiro atoms. The van der Waals surface area contributed by atoms with Gasteiger partial charge >= 0.3 is 0 Å². The van der Waals surface area contributed by atoms with Crippen molar-refractivity contribution in [2.24, 2.45) is 10.9 Å². The lowest BCUT2D eigenvalue weighted by atomic mass is 9.98. The Morgan fingerprint density at radius 2 is 1.88 bits per heavy atom. The Morgan fingerprint density at radius 1 is 0.971 bits per heavy atom. The molecule has 3 nitrogen and oxygen atoms in total. The highest BCUT2D eigenvalue weighted by Gasteiger charge is 2.09. The van der Waals surface area contributed by atoms with Gasteiger partial charge in [-0.1, -0.05) is 80.6 Å². The fourth-order valence-electron chi connectivity index (χ4n) is 3.82. The molecule has 4 rings (SSSR count). The van der Waals surface area contributed by atoms with E-state index >= 15 is 0 Å². The van der Waals surface area contributed by atoms with Gasteiger partial charge in [0.15, 0.2) is 5.78 Å². The zero-order valence-electron chi connectivity index (χ0n) is 19.9. The summed E-state index contributed by atoms with van der Waals surface area (Å²) in [6.45, 7) is 4.35. The molecule has 0 radical (unpaired) electrons. The summed E-state index contributed by atoms with van der Waals surface area (Å²) in [5, 5.41) is 0. The maximum absolute atomic E-state index is 12.1. The second-order valence-electron chi connectivity index (χ2n) is 8.99. The lowest BCUT2D eigenvalue weighted by molar-refractivity contribution is -0.121. The second-order valence-corrected chi connectivity index (χ2v) is 8.99. The molecule has 34 heavy (non-hydrogen) atoms. The van der Waals surface area contributed by atoms with Gasteiger partial charge in [-0.25, -0.2) is 0 Å². The Morgan fingerprint density at radius 3 is 2.76 bits per heavy atom. The first-order valence-corrected chi connectivity index (χ1v) is 11.9. The van der Waals surface area contributed by atoms with E-state index < -0.39 is 0 Å². The third-order valence-corrected chi connectivity index (χ3v) is 5.80. The minimum atomic E-state index is 0.105. The van der Waals surface area contributed by atoms with Crippen LogP contribution in [0, 0.1) is 5.92 Å². The molecular weight excluding hydrogens is 418 g/mol. The van der Waals surface area contributed by atoms with Crippen molar-refractivity contribution in [3.63, 3.8) is 0 Å². The third kappa shape index (κ3) is 6.41. The van der Waals surface area contributed by atoms with Gasteiger partial charge in [-0.2, -0.15) is 0 Å². The van der Waals surface area contributed by atoms with Crippen LogP contribution in [-0.2, 0) is 4.79 Å². The molecule has 0 saturated heterocycles. The van der Waals surface area contributed by atoms with Crippen LogP contribution in [0.3, 0.4) is 0 Å². The molecule has 1 heterocycles. The molecule has 0 N–H and O–H groups in total. The standard InChI is InChI=1S/C31H31NO2/c1-23(2)15-18-29(33)22-34-30-13-7-12-27(20-30)31-14-8-11-25-16-17-26(19-28(25)21-32-31)24-9-5-3-4-6-10-24/h3,5-14,16-17,19-21,23H,4,15,18,22H2,1-2H3/b11-8+,14-8?,25-11?,28-21?,31-14-,32-21?,32-31?. The molecule has 2 aliphatic rings. The minimum Gasteiger partial charge on any atom is -0.486 e. The number of fused-ring (bicyclic) bond motifs is 1. The Hall–Kier alpha value is -3.72. The van der Waals surface area contributed by atoms with E-state index in [1.165, 1.54) is 11.1 Å². The van der Waals surface area contributed by atoms with E-state index in [0.717, 1.165) is 35.2 Å². The van der Waals surface area contributed by atoms with Gasteiger partial charge in [-0.15, -0.1) is 0 Å². The number of benzene rings is 2. The van der Waals surface area contributed by atoms with Crippen molar-refractivity contribution < 1.29 is 9.53 Å². The number of carbonyl (C=O) groups is 1. The summed E-state index contributed by atoms with van der Waals surface area (Å²) in [6, 6.07) is 14.3. The predicted octanol–water partition coefficient (Wildman–Crippen LogP) is 7.46. The van der Waals surface area contributed by atoms with Crippen LogP contribution in [0.15, 0.2) is 90.0 Å². The fourth-order valence-corrected chi connectivity index (χ4v) is 3.82. The Balaban J connectivity index is 1.50. The molecule has 3 heteroatoms. The van der Waals surface area contributed by atoms with Crippen molar-refractivity contribution >= 4 is 29.3 Å². The summed E-state index contributed by atoms with van der Waals surface area (Å²) in [6.07, 6.45) is 21.2. The van der Waals surface area contributed by atoms with Gasteiger partial charge < -0.3 is 4.74 Å². The smallest absolute Gasteiger partial charge is 0.170 e. The van der Waals surface area contributed by atoms with Gasteiger partial charge in [0, 0.05) is 23.8 Å². The maximum atomic E-state index is 12.1. The lowest BCUT2D eigenvalue weighted by Crippen LogP contribution is -2.11. The highest BCUT2D eigenvalue weighted by Crippen LogP contribution is 2.26. The van der Waals surface area contributed by atoms with Crippen LogP contribution in [0.1, 0.15) is 55.4 Å². The summed E-state index contributed by atoms with van der Waals surface area (Å²) in [7, 11) is 0. The molecule has 0 saturated carbocycles. The predicted molar refractivity (Wildman–Crippen MR) is 143 cm³/mol. The highest BCUT2D eigenvalue weighted by molar-refractivity contribution is 5.93. The van der Waals surface area contributed by atoms with Crippen LogP contribution < -0.4 is 4.74 Å². The monoisotopic (exact) mass is 449 g/mol. The number of ketones is 1. The number of carbonyl (C=O) groups excluding carboxylic acids is 1. The zero-order chi connectivity index (χ0) is 23.8. The van der Waals surface area contributed by atoms with Gasteiger partial charge in [-0.3, -0.25) is 9.79 Å². The number of hydrogen-bond acceptors (Lipinski definition) is 3. The first kappa shape index (κ1) is 23.4. The second kappa shape index (κ2) is 11.4. The molecule has 172 valence electrons. The molecule has 2 aromatic carbocycles. The summed E-state index contributed by atoms with van der Waals surface area (Å²) in [4.78, 5) is 16.9. The quantitative estimate of drug-likeness (QED) is 0.420. The zero-order valence-corrected chi connectivity index (χ0v) is 19.9. The van der Waals surface area contributed by atoms with Gasteiger partial charge in [0.2, 0.25) is 0 Å². The van der Waals surface area contributed by atoms with Crippen molar-refractivity contribution in [3.05, 3.63) is 107 Å². The van der Waals surface area contributed by atoms with E-state index in [-0.39, 0.29) is 12.4 Å². The average molecular weight is 450 g/mol. The van der Waals surface area contributed by atoms with E-state index in [2.05, 4.69) is 68.5 Å². The summed E-state index contributed by atoms with van der Waals surface area (Å²) >= 11 is 0. The third-order valence-electron chi connectivity index (χ3n) is 5.80. The minimum absolute atomic E-state index is 0.105. The fraction of sp³-hybridized carbons (Fsp3) is 0.226. The van der Waals surface area contributed by atoms with Crippen molar-refractivity contribution in [2.45, 2.75) is 33.1 Å². The SMILES string of the molecule is CC(C)CCC(=O)COc1cccc(/C2=C/C=C/c3ccc(C4=CC=CCC=C4)cc3C=N2)c1. The van der Waals surface area contributed by atoms with Crippen LogP contribution in [0.2, 0.25) is 0 Å². The van der Waals surface area contributed by atoms with E-state index in [0.29, 0.717) is 18.1 Å². The summed E-state index contributed by atoms with van der Waals surface area (Å²) < 4.78 is 5.77. The average Bonchev–Trinajstić information content (AvgIpc) is 3.12. The molecule has 0 unspecified atom stereocenters. The Kier molecular flexibility index (Phi) is 7.87. The van der Waals surface area contributed by atoms with Crippen LogP contribution in [0.4, 0.5) is 0 Å². The van der Waals surface area contributed by atoms with Gasteiger partial charge in [-0.05, 0) is 59.7 Å². The Labute approximate surface area is 202 Å². The molecular formula is C31H31NO2. The van der Waals surface area contributed by atoms with E-state index in [9.17, 15) is 4.79 Å². The van der Waals surface area contributed by atoms with Crippen molar-refractivity contribution in [2.75, 3.05) is 6.61 Å². The van der Waals surface area contributed by atoms with Crippen LogP contribution in [-0.4, -0.2) is 18.6 Å². The number of Topliss-reactive ketones (excluding diaryl/α,β-unsaturated/α-hetero) is 1. The van der Waals surface area contributed by atoms with Crippen molar-refractivity contribution in [3.8, 4) is 5.75 Å². The first-order chi connectivity index (χ1) is 16.6. The number of allylic oxidation sites excluding steroid dienone is 8. The number of aliphatic imine (C=N–C) groups is 1. The summed E-state index contributed by atoms with van der Waals surface area (Å²) in [5.74, 6) is 1.33. The molecule has 0 bridgehead atoms. The lowest BCUT2D eigenvalue weighted by Gasteiger charge is -2.11. The first-order valence-electron chi connectivity index (χ1n) is 11.9. The largest absolute Gasteiger partial charge is 0.486 e. The van der Waals surface area contributed by atoms with Gasteiger partial charge in [0.25, 0.3) is 0 Å². The molecule has 2 aromatic rings. The number of ether oxygens (including phenoxy) is 1. The highest BCUT2D eigenvalue weighted by atomic mass is 16.5. The van der Waals surface area contributed by atoms with Crippen molar-refractivity contribution in [1.29, 1.82) is 0 Å². The number of rotatable bonds is 8. The van der Waals surface area contributed by atoms with Crippen LogP contribution >= 0.6 is 0 Å². The Bertz CT molecular complexity index is 1220. The maximum Gasteiger partial charge on any atom is 0.170 e. The van der Waals surface area contributed by atoms with Crippen LogP contribution in [0.5, 0.6) is 5.75 Å². The van der Waals surface area contributed by atoms with Crippen LogP contribution in [0.25, 0.3) is 17.3 Å².